The molecule has 194 valence electrons. The predicted octanol–water partition coefficient (Wildman–Crippen LogP) is 6.08. The minimum atomic E-state index is 0.146. The first-order valence-corrected chi connectivity index (χ1v) is 14.1. The SMILES string of the molecule is Cc1[nH]ncc1C(c1ccccc1)N1CCC(N2C(=O)N(C3CCCCC3)CC2c2ccccc2)CC1. The van der Waals surface area contributed by atoms with Crippen molar-refractivity contribution in [1.82, 2.24) is 24.9 Å². The number of nitrogens with zero attached hydrogens (tertiary/aromatic N) is 4. The molecule has 2 amide bonds. The van der Waals surface area contributed by atoms with E-state index >= 15 is 0 Å². The topological polar surface area (TPSA) is 55.5 Å². The summed E-state index contributed by atoms with van der Waals surface area (Å²) in [4.78, 5) is 21.1. The van der Waals surface area contributed by atoms with Crippen LogP contribution in [0.1, 0.15) is 79.4 Å². The van der Waals surface area contributed by atoms with Crippen molar-refractivity contribution in [2.45, 2.75) is 76.0 Å². The van der Waals surface area contributed by atoms with Crippen LogP contribution in [0.15, 0.2) is 66.9 Å². The monoisotopic (exact) mass is 497 g/mol. The first-order valence-electron chi connectivity index (χ1n) is 14.1. The van der Waals surface area contributed by atoms with E-state index in [1.165, 1.54) is 36.0 Å². The van der Waals surface area contributed by atoms with Crippen LogP contribution in [0.3, 0.4) is 0 Å². The summed E-state index contributed by atoms with van der Waals surface area (Å²) in [5, 5.41) is 7.48. The summed E-state index contributed by atoms with van der Waals surface area (Å²) < 4.78 is 0. The van der Waals surface area contributed by atoms with Gasteiger partial charge in [0.2, 0.25) is 0 Å². The van der Waals surface area contributed by atoms with Gasteiger partial charge < -0.3 is 9.80 Å². The van der Waals surface area contributed by atoms with E-state index < -0.39 is 0 Å². The summed E-state index contributed by atoms with van der Waals surface area (Å²) in [5.74, 6) is 0. The molecule has 3 heterocycles. The molecule has 3 fully saturated rings. The Morgan fingerprint density at radius 1 is 0.865 bits per heavy atom. The highest BCUT2D eigenvalue weighted by Crippen LogP contribution is 2.39. The summed E-state index contributed by atoms with van der Waals surface area (Å²) in [6.07, 6.45) is 10.1. The zero-order chi connectivity index (χ0) is 25.2. The lowest BCUT2D eigenvalue weighted by Gasteiger charge is -2.42. The van der Waals surface area contributed by atoms with Crippen LogP contribution in [0.2, 0.25) is 0 Å². The molecule has 1 aromatic heterocycles. The largest absolute Gasteiger partial charge is 0.321 e. The average Bonchev–Trinajstić information content (AvgIpc) is 3.53. The van der Waals surface area contributed by atoms with E-state index in [-0.39, 0.29) is 24.2 Å². The van der Waals surface area contributed by atoms with Gasteiger partial charge in [0.1, 0.15) is 0 Å². The first kappa shape index (κ1) is 24.2. The fourth-order valence-corrected chi connectivity index (χ4v) is 6.96. The van der Waals surface area contributed by atoms with Gasteiger partial charge in [0.25, 0.3) is 0 Å². The van der Waals surface area contributed by atoms with Crippen molar-refractivity contribution in [3.8, 4) is 0 Å². The van der Waals surface area contributed by atoms with Crippen molar-refractivity contribution in [2.24, 2.45) is 0 Å². The smallest absolute Gasteiger partial charge is 0.319 e. The maximum Gasteiger partial charge on any atom is 0.321 e. The fourth-order valence-electron chi connectivity index (χ4n) is 6.96. The van der Waals surface area contributed by atoms with Crippen LogP contribution >= 0.6 is 0 Å². The third-order valence-corrected chi connectivity index (χ3v) is 8.91. The van der Waals surface area contributed by atoms with E-state index in [9.17, 15) is 4.79 Å². The number of hydrogen-bond donors (Lipinski definition) is 1. The molecule has 3 aromatic rings. The summed E-state index contributed by atoms with van der Waals surface area (Å²) in [6.45, 7) is 4.86. The minimum absolute atomic E-state index is 0.146. The first-order chi connectivity index (χ1) is 18.2. The zero-order valence-corrected chi connectivity index (χ0v) is 21.9. The normalized spacial score (nSPS) is 23.1. The number of nitrogens with one attached hydrogen (secondary N) is 1. The van der Waals surface area contributed by atoms with Crippen LogP contribution in [0.4, 0.5) is 4.79 Å². The Kier molecular flexibility index (Phi) is 7.01. The molecule has 0 spiro atoms. The standard InChI is InChI=1S/C31H39N5O/c1-23-28(21-32-33-23)30(25-13-7-3-8-14-25)34-19-17-27(18-20-34)36-29(24-11-5-2-6-12-24)22-35(31(36)37)26-15-9-4-10-16-26/h2-3,5-8,11-14,21,26-27,29-30H,4,9-10,15-20,22H2,1H3,(H,32,33). The molecule has 3 aliphatic rings. The average molecular weight is 498 g/mol. The number of hydrogen-bond acceptors (Lipinski definition) is 3. The van der Waals surface area contributed by atoms with Gasteiger partial charge in [0.05, 0.1) is 18.3 Å². The van der Waals surface area contributed by atoms with Crippen molar-refractivity contribution >= 4 is 6.03 Å². The maximum absolute atomic E-state index is 14.0. The van der Waals surface area contributed by atoms with Gasteiger partial charge in [-0.1, -0.05) is 79.9 Å². The third-order valence-electron chi connectivity index (χ3n) is 8.91. The second-order valence-corrected chi connectivity index (χ2v) is 11.1. The number of likely N-dealkylation sites (tertiary alicyclic amines) is 1. The van der Waals surface area contributed by atoms with Crippen LogP contribution in [-0.2, 0) is 0 Å². The Hall–Kier alpha value is -3.12. The molecule has 2 unspecified atom stereocenters. The highest BCUT2D eigenvalue weighted by atomic mass is 16.2. The van der Waals surface area contributed by atoms with Crippen molar-refractivity contribution < 1.29 is 4.79 Å². The maximum atomic E-state index is 14.0. The number of amides is 2. The van der Waals surface area contributed by atoms with Gasteiger partial charge in [-0.25, -0.2) is 4.79 Å². The second-order valence-electron chi connectivity index (χ2n) is 11.1. The van der Waals surface area contributed by atoms with Crippen molar-refractivity contribution in [2.75, 3.05) is 19.6 Å². The highest BCUT2D eigenvalue weighted by molar-refractivity contribution is 5.78. The number of piperidine rings is 1. The molecule has 2 aromatic carbocycles. The number of benzene rings is 2. The van der Waals surface area contributed by atoms with E-state index in [2.05, 4.69) is 92.5 Å². The molecule has 37 heavy (non-hydrogen) atoms. The molecule has 2 saturated heterocycles. The third kappa shape index (κ3) is 4.79. The van der Waals surface area contributed by atoms with Crippen molar-refractivity contribution in [1.29, 1.82) is 0 Å². The van der Waals surface area contributed by atoms with Gasteiger partial charge in [0.15, 0.2) is 0 Å². The van der Waals surface area contributed by atoms with E-state index in [0.29, 0.717) is 6.04 Å². The molecule has 2 atom stereocenters. The van der Waals surface area contributed by atoms with E-state index in [1.807, 2.05) is 6.20 Å². The van der Waals surface area contributed by atoms with E-state index in [1.54, 1.807) is 0 Å². The number of H-pyrrole nitrogens is 1. The molecular formula is C31H39N5O. The van der Waals surface area contributed by atoms with Crippen LogP contribution in [0.25, 0.3) is 0 Å². The van der Waals surface area contributed by atoms with Gasteiger partial charge in [-0.2, -0.15) is 5.10 Å². The Morgan fingerprint density at radius 3 is 2.19 bits per heavy atom. The molecule has 0 radical (unpaired) electrons. The number of aromatic amines is 1. The molecule has 6 rings (SSSR count). The molecule has 1 N–H and O–H groups in total. The van der Waals surface area contributed by atoms with Crippen LogP contribution in [0.5, 0.6) is 0 Å². The number of rotatable bonds is 6. The lowest BCUT2D eigenvalue weighted by Crippen LogP contribution is -2.49. The highest BCUT2D eigenvalue weighted by Gasteiger charge is 2.45. The molecule has 6 nitrogen and oxygen atoms in total. The van der Waals surface area contributed by atoms with E-state index in [4.69, 9.17) is 0 Å². The molecule has 0 bridgehead atoms. The Balaban J connectivity index is 1.23. The van der Waals surface area contributed by atoms with Crippen LogP contribution < -0.4 is 0 Å². The predicted molar refractivity (Wildman–Crippen MR) is 146 cm³/mol. The zero-order valence-electron chi connectivity index (χ0n) is 21.9. The number of aromatic nitrogens is 2. The molecule has 2 aliphatic heterocycles. The Labute approximate surface area is 220 Å². The van der Waals surface area contributed by atoms with Crippen LogP contribution in [-0.4, -0.2) is 62.6 Å². The summed E-state index contributed by atoms with van der Waals surface area (Å²) >= 11 is 0. The van der Waals surface area contributed by atoms with Gasteiger partial charge >= 0.3 is 6.03 Å². The number of carbonyl (C=O) groups excluding carboxylic acids is 1. The van der Waals surface area contributed by atoms with Crippen LogP contribution in [0, 0.1) is 6.92 Å². The second kappa shape index (κ2) is 10.7. The number of carbonyl (C=O) groups is 1. The summed E-state index contributed by atoms with van der Waals surface area (Å²) in [7, 11) is 0. The number of urea groups is 1. The Bertz CT molecular complexity index is 1160. The minimum Gasteiger partial charge on any atom is -0.319 e. The fraction of sp³-hybridized carbons (Fsp3) is 0.484. The molecule has 1 aliphatic carbocycles. The molecule has 6 heteroatoms. The van der Waals surface area contributed by atoms with E-state index in [0.717, 1.165) is 51.0 Å². The lowest BCUT2D eigenvalue weighted by molar-refractivity contribution is 0.0964. The summed E-state index contributed by atoms with van der Waals surface area (Å²) in [6, 6.07) is 22.7. The quantitative estimate of drug-likeness (QED) is 0.449. The Morgan fingerprint density at radius 2 is 1.54 bits per heavy atom. The van der Waals surface area contributed by atoms with Crippen molar-refractivity contribution in [3.05, 3.63) is 89.2 Å². The van der Waals surface area contributed by atoms with Gasteiger partial charge in [-0.15, -0.1) is 0 Å². The van der Waals surface area contributed by atoms with Gasteiger partial charge in [-0.05, 0) is 43.7 Å². The molecule has 1 saturated carbocycles. The van der Waals surface area contributed by atoms with Crippen molar-refractivity contribution in [3.63, 3.8) is 0 Å². The van der Waals surface area contributed by atoms with Gasteiger partial charge in [0, 0.05) is 43.0 Å². The summed E-state index contributed by atoms with van der Waals surface area (Å²) in [5.41, 5.74) is 4.94. The lowest BCUT2D eigenvalue weighted by atomic mass is 9.93. The number of aryl methyl sites for hydroxylation is 1. The van der Waals surface area contributed by atoms with Gasteiger partial charge in [-0.3, -0.25) is 10.00 Å². The molecular weight excluding hydrogens is 458 g/mol.